The lowest BCUT2D eigenvalue weighted by Gasteiger charge is -2.48. The van der Waals surface area contributed by atoms with Crippen molar-refractivity contribution in [1.29, 1.82) is 0 Å². The second-order valence-electron chi connectivity index (χ2n) is 5.08. The summed E-state index contributed by atoms with van der Waals surface area (Å²) in [6, 6.07) is -0.0533. The predicted molar refractivity (Wildman–Crippen MR) is 63.4 cm³/mol. The van der Waals surface area contributed by atoms with Gasteiger partial charge in [-0.05, 0) is 27.3 Å². The van der Waals surface area contributed by atoms with Crippen LogP contribution in [0.5, 0.6) is 0 Å². The molecule has 0 amide bonds. The molecule has 4 nitrogen and oxygen atoms in total. The van der Waals surface area contributed by atoms with E-state index in [0.29, 0.717) is 13.0 Å². The Morgan fingerprint density at radius 1 is 1.50 bits per heavy atom. The zero-order valence-corrected chi connectivity index (χ0v) is 10.8. The number of aliphatic hydroxyl groups is 2. The molecule has 0 aliphatic carbocycles. The lowest BCUT2D eigenvalue weighted by atomic mass is 9.82. The molecule has 0 saturated carbocycles. The third-order valence-electron chi connectivity index (χ3n) is 3.51. The van der Waals surface area contributed by atoms with Gasteiger partial charge in [0.25, 0.3) is 0 Å². The molecular formula is C12H25NO3. The van der Waals surface area contributed by atoms with Crippen molar-refractivity contribution < 1.29 is 14.9 Å². The van der Waals surface area contributed by atoms with Crippen LogP contribution in [-0.4, -0.2) is 59.2 Å². The Hall–Kier alpha value is -0.160. The zero-order chi connectivity index (χ0) is 12.3. The summed E-state index contributed by atoms with van der Waals surface area (Å²) in [6.45, 7) is 6.60. The fourth-order valence-corrected chi connectivity index (χ4v) is 2.88. The highest BCUT2D eigenvalue weighted by Crippen LogP contribution is 2.32. The SMILES string of the molecule is CCC1CC(C)(O)C(N(C)CCO)C(C)O1. The minimum absolute atomic E-state index is 0.00903. The fourth-order valence-electron chi connectivity index (χ4n) is 2.88. The molecule has 0 aromatic rings. The summed E-state index contributed by atoms with van der Waals surface area (Å²) in [5.74, 6) is 0. The van der Waals surface area contributed by atoms with E-state index in [9.17, 15) is 5.11 Å². The van der Waals surface area contributed by atoms with E-state index in [-0.39, 0.29) is 24.9 Å². The van der Waals surface area contributed by atoms with Crippen molar-refractivity contribution in [3.63, 3.8) is 0 Å². The Balaban J connectivity index is 2.75. The second kappa shape index (κ2) is 5.45. The van der Waals surface area contributed by atoms with Gasteiger partial charge in [-0.15, -0.1) is 0 Å². The minimum Gasteiger partial charge on any atom is -0.395 e. The van der Waals surface area contributed by atoms with Gasteiger partial charge in [-0.25, -0.2) is 0 Å². The number of nitrogens with zero attached hydrogens (tertiary/aromatic N) is 1. The maximum atomic E-state index is 10.5. The molecule has 2 N–H and O–H groups in total. The van der Waals surface area contributed by atoms with Gasteiger partial charge >= 0.3 is 0 Å². The molecule has 1 aliphatic rings. The average Bonchev–Trinajstić information content (AvgIpc) is 2.15. The number of hydrogen-bond donors (Lipinski definition) is 2. The Labute approximate surface area is 98.2 Å². The van der Waals surface area contributed by atoms with Crippen LogP contribution in [0.1, 0.15) is 33.6 Å². The first kappa shape index (κ1) is 13.9. The molecule has 16 heavy (non-hydrogen) atoms. The highest BCUT2D eigenvalue weighted by Gasteiger charge is 2.45. The molecular weight excluding hydrogens is 206 g/mol. The summed E-state index contributed by atoms with van der Waals surface area (Å²) >= 11 is 0. The molecule has 0 bridgehead atoms. The zero-order valence-electron chi connectivity index (χ0n) is 10.8. The maximum Gasteiger partial charge on any atom is 0.0824 e. The van der Waals surface area contributed by atoms with Gasteiger partial charge in [0, 0.05) is 13.0 Å². The van der Waals surface area contributed by atoms with Crippen molar-refractivity contribution in [2.75, 3.05) is 20.2 Å². The molecule has 1 fully saturated rings. The van der Waals surface area contributed by atoms with Crippen molar-refractivity contribution in [2.24, 2.45) is 0 Å². The molecule has 0 aromatic heterocycles. The lowest BCUT2D eigenvalue weighted by Crippen LogP contribution is -2.61. The first-order valence-electron chi connectivity index (χ1n) is 6.11. The maximum absolute atomic E-state index is 10.5. The first-order chi connectivity index (χ1) is 7.42. The van der Waals surface area contributed by atoms with Crippen molar-refractivity contribution in [1.82, 2.24) is 4.90 Å². The van der Waals surface area contributed by atoms with E-state index in [1.54, 1.807) is 0 Å². The second-order valence-corrected chi connectivity index (χ2v) is 5.08. The van der Waals surface area contributed by atoms with Crippen LogP contribution in [0.4, 0.5) is 0 Å². The van der Waals surface area contributed by atoms with Crippen LogP contribution in [0, 0.1) is 0 Å². The smallest absolute Gasteiger partial charge is 0.0824 e. The van der Waals surface area contributed by atoms with Crippen molar-refractivity contribution in [3.05, 3.63) is 0 Å². The van der Waals surface area contributed by atoms with Crippen LogP contribution < -0.4 is 0 Å². The van der Waals surface area contributed by atoms with Gasteiger partial charge in [0.2, 0.25) is 0 Å². The van der Waals surface area contributed by atoms with Gasteiger partial charge in [0.1, 0.15) is 0 Å². The monoisotopic (exact) mass is 231 g/mol. The van der Waals surface area contributed by atoms with Crippen LogP contribution in [-0.2, 0) is 4.74 Å². The highest BCUT2D eigenvalue weighted by molar-refractivity contribution is 4.98. The molecule has 4 heteroatoms. The fraction of sp³-hybridized carbons (Fsp3) is 1.00. The third-order valence-corrected chi connectivity index (χ3v) is 3.51. The number of likely N-dealkylation sites (N-methyl/N-ethyl adjacent to an activating group) is 1. The Bertz CT molecular complexity index is 220. The molecule has 0 radical (unpaired) electrons. The van der Waals surface area contributed by atoms with Crippen molar-refractivity contribution >= 4 is 0 Å². The molecule has 1 aliphatic heterocycles. The van der Waals surface area contributed by atoms with E-state index in [0.717, 1.165) is 6.42 Å². The van der Waals surface area contributed by atoms with E-state index >= 15 is 0 Å². The number of rotatable bonds is 4. The number of hydrogen-bond acceptors (Lipinski definition) is 4. The first-order valence-corrected chi connectivity index (χ1v) is 6.11. The van der Waals surface area contributed by atoms with E-state index < -0.39 is 5.60 Å². The highest BCUT2D eigenvalue weighted by atomic mass is 16.5. The normalized spacial score (nSPS) is 40.3. The summed E-state index contributed by atoms with van der Waals surface area (Å²) in [5.41, 5.74) is -0.748. The van der Waals surface area contributed by atoms with Crippen molar-refractivity contribution in [3.8, 4) is 0 Å². The lowest BCUT2D eigenvalue weighted by molar-refractivity contribution is -0.180. The molecule has 0 aromatic carbocycles. The Kier molecular flexibility index (Phi) is 4.73. The number of ether oxygens (including phenoxy) is 1. The van der Waals surface area contributed by atoms with Gasteiger partial charge < -0.3 is 14.9 Å². The summed E-state index contributed by atoms with van der Waals surface area (Å²) in [4.78, 5) is 1.98. The molecule has 1 rings (SSSR count). The molecule has 4 atom stereocenters. The Morgan fingerprint density at radius 3 is 2.56 bits per heavy atom. The number of aliphatic hydroxyl groups excluding tert-OH is 1. The third kappa shape index (κ3) is 2.94. The van der Waals surface area contributed by atoms with Crippen LogP contribution in [0.3, 0.4) is 0 Å². The molecule has 4 unspecified atom stereocenters. The molecule has 96 valence electrons. The minimum atomic E-state index is -0.748. The van der Waals surface area contributed by atoms with Gasteiger partial charge in [0.15, 0.2) is 0 Å². The van der Waals surface area contributed by atoms with E-state index in [2.05, 4.69) is 6.92 Å². The summed E-state index contributed by atoms with van der Waals surface area (Å²) < 4.78 is 5.87. The van der Waals surface area contributed by atoms with Gasteiger partial charge in [-0.1, -0.05) is 6.92 Å². The molecule has 1 saturated heterocycles. The van der Waals surface area contributed by atoms with Crippen LogP contribution in [0.2, 0.25) is 0 Å². The predicted octanol–water partition coefficient (Wildman–Crippen LogP) is 0.617. The van der Waals surface area contributed by atoms with Crippen LogP contribution in [0.25, 0.3) is 0 Å². The van der Waals surface area contributed by atoms with Gasteiger partial charge in [0.05, 0.1) is 30.5 Å². The van der Waals surface area contributed by atoms with Crippen LogP contribution in [0.15, 0.2) is 0 Å². The quantitative estimate of drug-likeness (QED) is 0.744. The summed E-state index contributed by atoms with van der Waals surface area (Å²) in [7, 11) is 1.92. The summed E-state index contributed by atoms with van der Waals surface area (Å²) in [5, 5.41) is 19.5. The van der Waals surface area contributed by atoms with Gasteiger partial charge in [-0.3, -0.25) is 4.90 Å². The summed E-state index contributed by atoms with van der Waals surface area (Å²) in [6.07, 6.45) is 1.72. The Morgan fingerprint density at radius 2 is 2.12 bits per heavy atom. The van der Waals surface area contributed by atoms with Gasteiger partial charge in [-0.2, -0.15) is 0 Å². The average molecular weight is 231 g/mol. The standard InChI is InChI=1S/C12H25NO3/c1-5-10-8-12(3,15)11(9(2)16-10)13(4)6-7-14/h9-11,14-15H,5-8H2,1-4H3. The van der Waals surface area contributed by atoms with E-state index in [4.69, 9.17) is 9.84 Å². The van der Waals surface area contributed by atoms with E-state index in [1.807, 2.05) is 25.8 Å². The molecule has 1 heterocycles. The van der Waals surface area contributed by atoms with Crippen LogP contribution >= 0.6 is 0 Å². The topological polar surface area (TPSA) is 52.9 Å². The largest absolute Gasteiger partial charge is 0.395 e. The van der Waals surface area contributed by atoms with Crippen molar-refractivity contribution in [2.45, 2.75) is 57.5 Å². The van der Waals surface area contributed by atoms with E-state index in [1.165, 1.54) is 0 Å². The molecule has 0 spiro atoms.